The number of nitrogens with zero attached hydrogens (tertiary/aromatic N) is 1. The zero-order chi connectivity index (χ0) is 20.5. The van der Waals surface area contributed by atoms with Crippen LogP contribution in [0.4, 0.5) is 0 Å². The predicted molar refractivity (Wildman–Crippen MR) is 110 cm³/mol. The zero-order valence-corrected chi connectivity index (χ0v) is 18.7. The molecule has 4 fully saturated rings. The first-order chi connectivity index (χ1) is 13.0. The maximum Gasteiger partial charge on any atom is 0.310 e. The van der Waals surface area contributed by atoms with Crippen molar-refractivity contribution in [3.63, 3.8) is 0 Å². The van der Waals surface area contributed by atoms with Gasteiger partial charge in [-0.2, -0.15) is 0 Å². The number of rotatable bonds is 1. The Morgan fingerprint density at radius 1 is 1.00 bits per heavy atom. The quantitative estimate of drug-likeness (QED) is 0.605. The summed E-state index contributed by atoms with van der Waals surface area (Å²) in [5, 5.41) is 0. The number of likely N-dealkylation sites (tertiary alicyclic amines) is 1. The first-order valence-electron chi connectivity index (χ1n) is 11.5. The van der Waals surface area contributed by atoms with E-state index in [0.29, 0.717) is 36.1 Å². The number of piperidine rings is 1. The topological polar surface area (TPSA) is 46.6 Å². The molecule has 4 aliphatic rings. The molecule has 0 aromatic heterocycles. The van der Waals surface area contributed by atoms with Crippen molar-refractivity contribution in [2.75, 3.05) is 7.05 Å². The number of amides is 1. The van der Waals surface area contributed by atoms with Gasteiger partial charge in [0.1, 0.15) is 5.60 Å². The zero-order valence-electron chi connectivity index (χ0n) is 18.7. The molecule has 1 saturated heterocycles. The number of carbonyl (C=O) groups excluding carboxylic acids is 2. The van der Waals surface area contributed by atoms with Crippen molar-refractivity contribution >= 4 is 11.9 Å². The molecule has 1 amide bonds. The van der Waals surface area contributed by atoms with Crippen LogP contribution in [0, 0.1) is 34.5 Å². The van der Waals surface area contributed by atoms with Crippen LogP contribution in [0.25, 0.3) is 0 Å². The summed E-state index contributed by atoms with van der Waals surface area (Å²) in [5.74, 6) is 2.43. The standard InChI is InChI=1S/C24H39NO3/c1-22(2,3)28-21(27)18-9-8-16-15-7-10-19-24(5,14-12-20(26)25(19)6)17(15)11-13-23(16,18)4/h15-19H,7-14H2,1-6H3. The van der Waals surface area contributed by atoms with E-state index in [0.717, 1.165) is 32.1 Å². The number of carbonyl (C=O) groups is 2. The van der Waals surface area contributed by atoms with Gasteiger partial charge in [-0.15, -0.1) is 0 Å². The van der Waals surface area contributed by atoms with Crippen LogP contribution < -0.4 is 0 Å². The van der Waals surface area contributed by atoms with Crippen LogP contribution in [-0.2, 0) is 14.3 Å². The van der Waals surface area contributed by atoms with Gasteiger partial charge in [-0.25, -0.2) is 0 Å². The molecule has 4 rings (SSSR count). The van der Waals surface area contributed by atoms with Gasteiger partial charge >= 0.3 is 5.97 Å². The van der Waals surface area contributed by atoms with Gasteiger partial charge in [0.2, 0.25) is 5.91 Å². The third kappa shape index (κ3) is 2.92. The van der Waals surface area contributed by atoms with E-state index in [1.54, 1.807) is 0 Å². The molecular formula is C24H39NO3. The highest BCUT2D eigenvalue weighted by Crippen LogP contribution is 2.66. The average molecular weight is 390 g/mol. The van der Waals surface area contributed by atoms with Crippen LogP contribution in [0.5, 0.6) is 0 Å². The normalized spacial score (nSPS) is 45.9. The van der Waals surface area contributed by atoms with Gasteiger partial charge < -0.3 is 9.64 Å². The van der Waals surface area contributed by atoms with Gasteiger partial charge in [-0.05, 0) is 94.3 Å². The molecule has 7 atom stereocenters. The van der Waals surface area contributed by atoms with E-state index in [4.69, 9.17) is 4.74 Å². The molecule has 3 aliphatic carbocycles. The lowest BCUT2D eigenvalue weighted by Crippen LogP contribution is -2.61. The largest absolute Gasteiger partial charge is 0.460 e. The molecule has 28 heavy (non-hydrogen) atoms. The molecule has 7 unspecified atom stereocenters. The Labute approximate surface area is 170 Å². The first-order valence-corrected chi connectivity index (χ1v) is 11.5. The molecule has 1 heterocycles. The number of fused-ring (bicyclic) bond motifs is 5. The minimum absolute atomic E-state index is 0.0267. The van der Waals surface area contributed by atoms with Crippen molar-refractivity contribution in [2.24, 2.45) is 34.5 Å². The molecule has 158 valence electrons. The number of ether oxygens (including phenoxy) is 1. The molecule has 0 radical (unpaired) electrons. The molecule has 0 aromatic rings. The second kappa shape index (κ2) is 6.47. The Hall–Kier alpha value is -1.06. The number of hydrogen-bond acceptors (Lipinski definition) is 3. The molecule has 4 heteroatoms. The van der Waals surface area contributed by atoms with Crippen LogP contribution in [0.3, 0.4) is 0 Å². The van der Waals surface area contributed by atoms with Crippen molar-refractivity contribution in [1.82, 2.24) is 4.90 Å². The number of hydrogen-bond donors (Lipinski definition) is 0. The predicted octanol–water partition coefficient (Wildman–Crippen LogP) is 4.81. The smallest absolute Gasteiger partial charge is 0.310 e. The summed E-state index contributed by atoms with van der Waals surface area (Å²) >= 11 is 0. The highest BCUT2D eigenvalue weighted by Gasteiger charge is 2.62. The summed E-state index contributed by atoms with van der Waals surface area (Å²) in [7, 11) is 2.02. The summed E-state index contributed by atoms with van der Waals surface area (Å²) in [5.41, 5.74) is -0.0759. The highest BCUT2D eigenvalue weighted by molar-refractivity contribution is 5.77. The van der Waals surface area contributed by atoms with Crippen LogP contribution in [0.15, 0.2) is 0 Å². The molecule has 3 saturated carbocycles. The minimum Gasteiger partial charge on any atom is -0.460 e. The SMILES string of the molecule is CN1C(=O)CCC2(C)C3CCC4(C)C(C(=O)OC(C)(C)C)CCC4C3CCC12. The van der Waals surface area contributed by atoms with E-state index in [2.05, 4.69) is 18.7 Å². The van der Waals surface area contributed by atoms with E-state index in [9.17, 15) is 9.59 Å². The average Bonchev–Trinajstić information content (AvgIpc) is 2.94. The van der Waals surface area contributed by atoms with Crippen LogP contribution in [0.1, 0.15) is 86.0 Å². The summed E-state index contributed by atoms with van der Waals surface area (Å²) in [6, 6.07) is 0.405. The molecule has 0 aromatic carbocycles. The van der Waals surface area contributed by atoms with Gasteiger partial charge in [0.25, 0.3) is 0 Å². The minimum atomic E-state index is -0.409. The molecule has 0 spiro atoms. The lowest BCUT2D eigenvalue weighted by atomic mass is 9.47. The van der Waals surface area contributed by atoms with Crippen LogP contribution >= 0.6 is 0 Å². The fraction of sp³-hybridized carbons (Fsp3) is 0.917. The van der Waals surface area contributed by atoms with Crippen molar-refractivity contribution < 1.29 is 14.3 Å². The van der Waals surface area contributed by atoms with E-state index in [-0.39, 0.29) is 22.7 Å². The highest BCUT2D eigenvalue weighted by atomic mass is 16.6. The Morgan fingerprint density at radius 2 is 1.68 bits per heavy atom. The van der Waals surface area contributed by atoms with E-state index < -0.39 is 5.60 Å². The van der Waals surface area contributed by atoms with Gasteiger partial charge in [-0.3, -0.25) is 9.59 Å². The summed E-state index contributed by atoms with van der Waals surface area (Å²) < 4.78 is 5.82. The fourth-order valence-electron chi connectivity index (χ4n) is 7.91. The Balaban J connectivity index is 1.57. The van der Waals surface area contributed by atoms with Gasteiger partial charge in [-0.1, -0.05) is 13.8 Å². The van der Waals surface area contributed by atoms with Crippen LogP contribution in [0.2, 0.25) is 0 Å². The monoisotopic (exact) mass is 389 g/mol. The molecule has 1 aliphatic heterocycles. The van der Waals surface area contributed by atoms with Crippen molar-refractivity contribution in [1.29, 1.82) is 0 Å². The molecule has 0 N–H and O–H groups in total. The Bertz CT molecular complexity index is 667. The van der Waals surface area contributed by atoms with E-state index in [1.165, 1.54) is 12.8 Å². The lowest BCUT2D eigenvalue weighted by Gasteiger charge is -2.61. The second-order valence-corrected chi connectivity index (χ2v) is 11.7. The Kier molecular flexibility index (Phi) is 4.67. The molecule has 0 bridgehead atoms. The second-order valence-electron chi connectivity index (χ2n) is 11.7. The third-order valence-corrected chi connectivity index (χ3v) is 9.25. The first kappa shape index (κ1) is 20.2. The van der Waals surface area contributed by atoms with Gasteiger partial charge in [0.05, 0.1) is 5.92 Å². The Morgan fingerprint density at radius 3 is 2.36 bits per heavy atom. The third-order valence-electron chi connectivity index (χ3n) is 9.25. The van der Waals surface area contributed by atoms with Gasteiger partial charge in [0.15, 0.2) is 0 Å². The number of esters is 1. The summed E-state index contributed by atoms with van der Waals surface area (Å²) in [4.78, 5) is 27.3. The fourth-order valence-corrected chi connectivity index (χ4v) is 7.91. The maximum atomic E-state index is 13.0. The molecular weight excluding hydrogens is 350 g/mol. The summed E-state index contributed by atoms with van der Waals surface area (Å²) in [6.07, 6.45) is 8.56. The lowest BCUT2D eigenvalue weighted by molar-refractivity contribution is -0.172. The van der Waals surface area contributed by atoms with Gasteiger partial charge in [0, 0.05) is 19.5 Å². The van der Waals surface area contributed by atoms with Crippen molar-refractivity contribution in [3.8, 4) is 0 Å². The maximum absolute atomic E-state index is 13.0. The van der Waals surface area contributed by atoms with Crippen molar-refractivity contribution in [3.05, 3.63) is 0 Å². The van der Waals surface area contributed by atoms with E-state index >= 15 is 0 Å². The van der Waals surface area contributed by atoms with Crippen LogP contribution in [-0.4, -0.2) is 35.5 Å². The molecule has 4 nitrogen and oxygen atoms in total. The van der Waals surface area contributed by atoms with Crippen molar-refractivity contribution in [2.45, 2.75) is 97.6 Å². The summed E-state index contributed by atoms with van der Waals surface area (Å²) in [6.45, 7) is 10.7. The van der Waals surface area contributed by atoms with E-state index in [1.807, 2.05) is 27.8 Å².